The van der Waals surface area contributed by atoms with Crippen molar-refractivity contribution >= 4 is 11.6 Å². The van der Waals surface area contributed by atoms with E-state index >= 15 is 0 Å². The number of carbonyl (C=O) groups is 1. The van der Waals surface area contributed by atoms with Crippen LogP contribution in [0.4, 0.5) is 5.69 Å². The Morgan fingerprint density at radius 3 is 2.82 bits per heavy atom. The minimum Gasteiger partial charge on any atom is -0.471 e. The third-order valence-electron chi connectivity index (χ3n) is 4.78. The number of rotatable bonds is 3. The average molecular weight is 377 g/mol. The molecule has 1 atom stereocenters. The van der Waals surface area contributed by atoms with Crippen LogP contribution in [0.1, 0.15) is 48.4 Å². The third-order valence-corrected chi connectivity index (χ3v) is 4.78. The summed E-state index contributed by atoms with van der Waals surface area (Å²) in [5.74, 6) is 1.43. The maximum atomic E-state index is 13.4. The van der Waals surface area contributed by atoms with Crippen molar-refractivity contribution in [1.29, 1.82) is 0 Å². The van der Waals surface area contributed by atoms with Gasteiger partial charge in [0, 0.05) is 17.7 Å². The van der Waals surface area contributed by atoms with E-state index in [1.54, 1.807) is 22.1 Å². The summed E-state index contributed by atoms with van der Waals surface area (Å²) in [5.41, 5.74) is 3.03. The molecule has 0 bridgehead atoms. The summed E-state index contributed by atoms with van der Waals surface area (Å²) in [5, 5.41) is 4.52. The van der Waals surface area contributed by atoms with Crippen LogP contribution < -0.4 is 9.64 Å². The molecule has 3 aromatic rings. The first-order valence-corrected chi connectivity index (χ1v) is 9.40. The summed E-state index contributed by atoms with van der Waals surface area (Å²) < 4.78 is 7.48. The van der Waals surface area contributed by atoms with Crippen LogP contribution in [0.15, 0.2) is 42.9 Å². The largest absolute Gasteiger partial charge is 0.471 e. The number of fused-ring (bicyclic) bond motifs is 1. The molecule has 0 fully saturated rings. The predicted molar refractivity (Wildman–Crippen MR) is 106 cm³/mol. The lowest BCUT2D eigenvalue weighted by Gasteiger charge is -2.32. The zero-order valence-electron chi connectivity index (χ0n) is 16.5. The monoisotopic (exact) mass is 377 g/mol. The maximum absolute atomic E-state index is 13.4. The highest BCUT2D eigenvalue weighted by Crippen LogP contribution is 2.32. The van der Waals surface area contributed by atoms with E-state index in [1.807, 2.05) is 44.2 Å². The molecule has 0 saturated heterocycles. The SMILES string of the molecule is Cc1ccc(-n2cnc(C(C)C)n2)cc1C(=O)N1C[C@H](C)Oc2ncccc21. The molecule has 144 valence electrons. The van der Waals surface area contributed by atoms with Gasteiger partial charge in [-0.15, -0.1) is 0 Å². The highest BCUT2D eigenvalue weighted by atomic mass is 16.5. The number of carbonyl (C=O) groups excluding carboxylic acids is 1. The van der Waals surface area contributed by atoms with E-state index < -0.39 is 0 Å². The van der Waals surface area contributed by atoms with Gasteiger partial charge in [-0.1, -0.05) is 19.9 Å². The first-order valence-electron chi connectivity index (χ1n) is 9.40. The number of anilines is 1. The summed E-state index contributed by atoms with van der Waals surface area (Å²) in [6, 6.07) is 9.42. The molecule has 0 unspecified atom stereocenters. The molecule has 4 rings (SSSR count). The molecule has 0 spiro atoms. The van der Waals surface area contributed by atoms with Crippen LogP contribution in [0, 0.1) is 6.92 Å². The first kappa shape index (κ1) is 18.2. The Hall–Kier alpha value is -3.22. The number of pyridine rings is 1. The Balaban J connectivity index is 1.72. The highest BCUT2D eigenvalue weighted by Gasteiger charge is 2.30. The van der Waals surface area contributed by atoms with E-state index in [0.29, 0.717) is 23.7 Å². The number of aryl methyl sites for hydroxylation is 1. The molecule has 0 N–H and O–H groups in total. The Morgan fingerprint density at radius 1 is 1.25 bits per heavy atom. The Kier molecular flexibility index (Phi) is 4.58. The van der Waals surface area contributed by atoms with Crippen LogP contribution in [0.25, 0.3) is 5.69 Å². The van der Waals surface area contributed by atoms with E-state index in [2.05, 4.69) is 28.9 Å². The molecule has 3 heterocycles. The molecule has 7 heteroatoms. The average Bonchev–Trinajstić information content (AvgIpc) is 3.17. The zero-order valence-corrected chi connectivity index (χ0v) is 16.5. The van der Waals surface area contributed by atoms with Crippen LogP contribution >= 0.6 is 0 Å². The number of benzene rings is 1. The topological polar surface area (TPSA) is 73.1 Å². The van der Waals surface area contributed by atoms with Crippen LogP contribution in [0.2, 0.25) is 0 Å². The molecule has 1 aliphatic heterocycles. The molecule has 0 radical (unpaired) electrons. The Labute approximate surface area is 164 Å². The molecule has 0 saturated carbocycles. The summed E-state index contributed by atoms with van der Waals surface area (Å²) in [6.45, 7) is 8.45. The third kappa shape index (κ3) is 3.24. The molecule has 2 aromatic heterocycles. The fourth-order valence-electron chi connectivity index (χ4n) is 3.25. The fourth-order valence-corrected chi connectivity index (χ4v) is 3.25. The lowest BCUT2D eigenvalue weighted by molar-refractivity contribution is 0.0958. The van der Waals surface area contributed by atoms with Crippen LogP contribution in [-0.4, -0.2) is 38.3 Å². The van der Waals surface area contributed by atoms with Crippen LogP contribution in [-0.2, 0) is 0 Å². The number of nitrogens with zero attached hydrogens (tertiary/aromatic N) is 5. The molecule has 28 heavy (non-hydrogen) atoms. The minimum atomic E-state index is -0.126. The lowest BCUT2D eigenvalue weighted by atomic mass is 10.1. The normalized spacial score (nSPS) is 16.0. The van der Waals surface area contributed by atoms with Gasteiger partial charge in [0.25, 0.3) is 5.91 Å². The number of ether oxygens (including phenoxy) is 1. The van der Waals surface area contributed by atoms with Crippen molar-refractivity contribution in [2.45, 2.75) is 39.7 Å². The lowest BCUT2D eigenvalue weighted by Crippen LogP contribution is -2.42. The molecular formula is C21H23N5O2. The predicted octanol–water partition coefficient (Wildman–Crippen LogP) is 3.52. The van der Waals surface area contributed by atoms with Gasteiger partial charge >= 0.3 is 0 Å². The minimum absolute atomic E-state index is 0.0760. The number of amides is 1. The van der Waals surface area contributed by atoms with Crippen molar-refractivity contribution in [3.05, 3.63) is 59.8 Å². The van der Waals surface area contributed by atoms with Gasteiger partial charge in [-0.25, -0.2) is 14.6 Å². The van der Waals surface area contributed by atoms with Gasteiger partial charge in [0.2, 0.25) is 5.88 Å². The number of hydrogen-bond acceptors (Lipinski definition) is 5. The van der Waals surface area contributed by atoms with Gasteiger partial charge in [-0.05, 0) is 43.7 Å². The molecular weight excluding hydrogens is 354 g/mol. The van der Waals surface area contributed by atoms with E-state index in [0.717, 1.165) is 17.1 Å². The highest BCUT2D eigenvalue weighted by molar-refractivity contribution is 6.08. The van der Waals surface area contributed by atoms with Crippen LogP contribution in [0.5, 0.6) is 5.88 Å². The van der Waals surface area contributed by atoms with Crippen molar-refractivity contribution in [2.75, 3.05) is 11.4 Å². The summed E-state index contributed by atoms with van der Waals surface area (Å²) >= 11 is 0. The summed E-state index contributed by atoms with van der Waals surface area (Å²) in [6.07, 6.45) is 3.23. The first-order chi connectivity index (χ1) is 13.4. The van der Waals surface area contributed by atoms with E-state index in [4.69, 9.17) is 4.74 Å². The van der Waals surface area contributed by atoms with Gasteiger partial charge in [-0.2, -0.15) is 5.10 Å². The van der Waals surface area contributed by atoms with Gasteiger partial charge in [-0.3, -0.25) is 9.69 Å². The van der Waals surface area contributed by atoms with E-state index in [-0.39, 0.29) is 17.9 Å². The van der Waals surface area contributed by atoms with Gasteiger partial charge in [0.15, 0.2) is 5.82 Å². The van der Waals surface area contributed by atoms with Crippen molar-refractivity contribution in [2.24, 2.45) is 0 Å². The molecule has 0 aliphatic carbocycles. The maximum Gasteiger partial charge on any atom is 0.258 e. The molecule has 1 aromatic carbocycles. The van der Waals surface area contributed by atoms with E-state index in [9.17, 15) is 4.79 Å². The quantitative estimate of drug-likeness (QED) is 0.698. The second-order valence-corrected chi connectivity index (χ2v) is 7.37. The van der Waals surface area contributed by atoms with Gasteiger partial charge in [0.05, 0.1) is 12.2 Å². The molecule has 1 aliphatic rings. The number of aromatic nitrogens is 4. The van der Waals surface area contributed by atoms with E-state index in [1.165, 1.54) is 0 Å². The van der Waals surface area contributed by atoms with Crippen molar-refractivity contribution in [1.82, 2.24) is 19.7 Å². The standard InChI is InChI=1S/C21H23N5O2/c1-13(2)19-23-12-26(24-19)16-8-7-14(3)17(10-16)21(27)25-11-15(4)28-20-18(25)6-5-9-22-20/h5-10,12-13,15H,11H2,1-4H3/t15-/m0/s1. The second-order valence-electron chi connectivity index (χ2n) is 7.37. The Bertz CT molecular complexity index is 1030. The smallest absolute Gasteiger partial charge is 0.258 e. The fraction of sp³-hybridized carbons (Fsp3) is 0.333. The number of hydrogen-bond donors (Lipinski definition) is 0. The van der Waals surface area contributed by atoms with Crippen molar-refractivity contribution in [3.63, 3.8) is 0 Å². The van der Waals surface area contributed by atoms with Crippen molar-refractivity contribution < 1.29 is 9.53 Å². The zero-order chi connectivity index (χ0) is 19.8. The van der Waals surface area contributed by atoms with Crippen LogP contribution in [0.3, 0.4) is 0 Å². The summed E-state index contributed by atoms with van der Waals surface area (Å²) in [4.78, 5) is 23.8. The summed E-state index contributed by atoms with van der Waals surface area (Å²) in [7, 11) is 0. The molecule has 7 nitrogen and oxygen atoms in total. The van der Waals surface area contributed by atoms with Crippen molar-refractivity contribution in [3.8, 4) is 11.6 Å². The van der Waals surface area contributed by atoms with Gasteiger partial charge < -0.3 is 4.74 Å². The second kappa shape index (κ2) is 7.07. The Morgan fingerprint density at radius 2 is 2.07 bits per heavy atom. The van der Waals surface area contributed by atoms with Gasteiger partial charge in [0.1, 0.15) is 18.1 Å². The molecule has 1 amide bonds.